The van der Waals surface area contributed by atoms with Crippen LogP contribution in [0.5, 0.6) is 23.1 Å². The maximum absolute atomic E-state index is 15.3. The van der Waals surface area contributed by atoms with Crippen LogP contribution in [0.4, 0.5) is 18.4 Å². The van der Waals surface area contributed by atoms with Gasteiger partial charge < -0.3 is 33.5 Å². The third-order valence-corrected chi connectivity index (χ3v) is 12.4. The minimum Gasteiger partial charge on any atom is -0.489 e. The number of carbonyl (C=O) groups is 3. The molecule has 0 spiro atoms. The Kier molecular flexibility index (Phi) is 18.5. The maximum atomic E-state index is 15.3. The van der Waals surface area contributed by atoms with Crippen molar-refractivity contribution in [1.29, 1.82) is 0 Å². The molecule has 74 heavy (non-hydrogen) atoms. The second-order valence-corrected chi connectivity index (χ2v) is 18.7. The number of aryl methyl sites for hydroxylation is 1. The first-order valence-electron chi connectivity index (χ1n) is 23.5. The molecule has 394 valence electrons. The van der Waals surface area contributed by atoms with E-state index in [0.717, 1.165) is 47.2 Å². The average Bonchev–Trinajstić information content (AvgIpc) is 4.21. The second-order valence-electron chi connectivity index (χ2n) is 18.3. The van der Waals surface area contributed by atoms with Crippen LogP contribution in [0.25, 0.3) is 5.57 Å². The summed E-state index contributed by atoms with van der Waals surface area (Å²) < 4.78 is 56.3. The summed E-state index contributed by atoms with van der Waals surface area (Å²) in [5, 5.41) is 34.4. The molecule has 4 aromatic carbocycles. The van der Waals surface area contributed by atoms with E-state index in [1.807, 2.05) is 45.0 Å². The number of halogens is 3. The SMILES string of the molecule is Cc1c(CN(C(=O)C2=C(c3ccc(CCCOc4c(F)ccc(F)c4Cl)cc3)C(C)(C)CN(C(=O)Oc3cccc(CON(O)O)c3)C2)C2CC2)ccnc1OCC(C)OC(=O)Oc1cccc(CON(O)O)c1. The Morgan fingerprint density at radius 3 is 2.11 bits per heavy atom. The molecule has 7 rings (SSSR count). The van der Waals surface area contributed by atoms with Crippen LogP contribution in [0, 0.1) is 24.0 Å². The number of pyridine rings is 1. The summed E-state index contributed by atoms with van der Waals surface area (Å²) in [5.41, 5.74) is 4.38. The molecular weight excluding hydrogens is 992 g/mol. The van der Waals surface area contributed by atoms with Gasteiger partial charge in [0.05, 0.1) is 37.1 Å². The largest absolute Gasteiger partial charge is 0.514 e. The summed E-state index contributed by atoms with van der Waals surface area (Å²) in [5.74, 6) is -1.61. The van der Waals surface area contributed by atoms with Crippen LogP contribution in [-0.2, 0) is 45.4 Å². The average molecular weight is 1050 g/mol. The van der Waals surface area contributed by atoms with Gasteiger partial charge in [-0.2, -0.15) is 0 Å². The zero-order valence-electron chi connectivity index (χ0n) is 40.9. The summed E-state index contributed by atoms with van der Waals surface area (Å²) in [7, 11) is 0. The summed E-state index contributed by atoms with van der Waals surface area (Å²) in [4.78, 5) is 59.1. The van der Waals surface area contributed by atoms with E-state index in [0.29, 0.717) is 35.1 Å². The number of hydrogen-bond acceptors (Lipinski definition) is 17. The van der Waals surface area contributed by atoms with E-state index in [1.54, 1.807) is 54.4 Å². The van der Waals surface area contributed by atoms with Gasteiger partial charge in [0.15, 0.2) is 11.6 Å². The van der Waals surface area contributed by atoms with Gasteiger partial charge in [0.1, 0.15) is 35.0 Å². The van der Waals surface area contributed by atoms with Crippen molar-refractivity contribution >= 4 is 35.3 Å². The lowest BCUT2D eigenvalue weighted by molar-refractivity contribution is -0.497. The number of carbonyl (C=O) groups excluding carboxylic acids is 3. The first-order chi connectivity index (χ1) is 35.3. The van der Waals surface area contributed by atoms with Crippen molar-refractivity contribution in [2.45, 2.75) is 85.3 Å². The van der Waals surface area contributed by atoms with Crippen molar-refractivity contribution in [2.75, 3.05) is 26.3 Å². The molecule has 19 nitrogen and oxygen atoms in total. The Balaban J connectivity index is 1.08. The molecule has 5 aromatic rings. The van der Waals surface area contributed by atoms with E-state index in [9.17, 15) is 18.4 Å². The van der Waals surface area contributed by atoms with Crippen LogP contribution in [-0.4, -0.2) is 103 Å². The first kappa shape index (κ1) is 55.0. The lowest BCUT2D eigenvalue weighted by atomic mass is 9.74. The van der Waals surface area contributed by atoms with Crippen LogP contribution in [0.3, 0.4) is 0 Å². The van der Waals surface area contributed by atoms with Gasteiger partial charge in [-0.3, -0.25) is 25.6 Å². The number of benzene rings is 4. The molecular formula is C52H56ClF2N5O14. The van der Waals surface area contributed by atoms with E-state index >= 15 is 4.79 Å². The highest BCUT2D eigenvalue weighted by Crippen LogP contribution is 2.44. The summed E-state index contributed by atoms with van der Waals surface area (Å²) in [6.45, 7) is 7.13. The molecule has 1 saturated carbocycles. The lowest BCUT2D eigenvalue weighted by Crippen LogP contribution is -2.49. The van der Waals surface area contributed by atoms with Crippen molar-refractivity contribution in [3.8, 4) is 23.1 Å². The smallest absolute Gasteiger partial charge is 0.489 e. The molecule has 22 heteroatoms. The monoisotopic (exact) mass is 1050 g/mol. The third-order valence-electron chi connectivity index (χ3n) is 12.0. The number of amides is 2. The molecule has 2 heterocycles. The van der Waals surface area contributed by atoms with Crippen LogP contribution in [0.2, 0.25) is 5.02 Å². The normalized spacial score (nSPS) is 14.7. The number of aromatic nitrogens is 1. The standard InChI is InChI=1S/C52H56ClF2N5O14/c1-32(72-51(63)74-41-12-6-9-36(25-41)30-71-60(66)67)28-69-48-33(2)38(21-22-56-48)26-58(39-17-18-39)49(61)42-27-57(50(62)73-40-11-5-8-35(24-40)29-70-59(64)65)31-52(3,4)45(42)37-15-13-34(14-16-37)10-7-23-68-47-44(55)20-19-43(54)46(47)53/h5-6,8-9,11-16,19-22,24-25,32,39,64-67H,7,10,17-18,23,26-31H2,1-4H3. The van der Waals surface area contributed by atoms with Crippen LogP contribution < -0.4 is 18.9 Å². The fourth-order valence-corrected chi connectivity index (χ4v) is 8.62. The highest BCUT2D eigenvalue weighted by atomic mass is 35.5. The van der Waals surface area contributed by atoms with E-state index in [1.165, 1.54) is 23.1 Å². The third kappa shape index (κ3) is 14.9. The van der Waals surface area contributed by atoms with Gasteiger partial charge in [0.25, 0.3) is 5.91 Å². The predicted molar refractivity (Wildman–Crippen MR) is 258 cm³/mol. The van der Waals surface area contributed by atoms with Crippen molar-refractivity contribution in [2.24, 2.45) is 5.41 Å². The van der Waals surface area contributed by atoms with E-state index < -0.39 is 51.2 Å². The quantitative estimate of drug-likeness (QED) is 0.0166. The molecule has 0 bridgehead atoms. The minimum absolute atomic E-state index is 0.0761. The number of hydrogen-bond donors (Lipinski definition) is 4. The van der Waals surface area contributed by atoms with E-state index in [-0.39, 0.29) is 81.1 Å². The number of ether oxygens (including phenoxy) is 5. The molecule has 4 N–H and O–H groups in total. The summed E-state index contributed by atoms with van der Waals surface area (Å²) in [6, 6.07) is 23.8. The zero-order valence-corrected chi connectivity index (χ0v) is 41.7. The van der Waals surface area contributed by atoms with Gasteiger partial charge in [-0.1, -0.05) is 74.0 Å². The Hall–Kier alpha value is -6.79. The fourth-order valence-electron chi connectivity index (χ4n) is 8.41. The zero-order chi connectivity index (χ0) is 53.1. The predicted octanol–water partition coefficient (Wildman–Crippen LogP) is 9.83. The first-order valence-corrected chi connectivity index (χ1v) is 23.8. The molecule has 1 unspecified atom stereocenters. The van der Waals surface area contributed by atoms with Crippen molar-refractivity contribution in [3.05, 3.63) is 153 Å². The molecule has 0 saturated heterocycles. The maximum Gasteiger partial charge on any atom is 0.514 e. The molecule has 1 aromatic heterocycles. The van der Waals surface area contributed by atoms with Gasteiger partial charge in [-0.05, 0) is 115 Å². The summed E-state index contributed by atoms with van der Waals surface area (Å²) >= 11 is 5.94. The van der Waals surface area contributed by atoms with Crippen molar-refractivity contribution in [3.63, 3.8) is 0 Å². The molecule has 0 radical (unpaired) electrons. The number of rotatable bonds is 22. The lowest BCUT2D eigenvalue weighted by Gasteiger charge is -2.42. The molecule has 1 atom stereocenters. The van der Waals surface area contributed by atoms with Gasteiger partial charge >= 0.3 is 12.2 Å². The number of nitrogens with zero attached hydrogens (tertiary/aromatic N) is 5. The van der Waals surface area contributed by atoms with Gasteiger partial charge in [-0.25, -0.2) is 33.0 Å². The van der Waals surface area contributed by atoms with Crippen LogP contribution in [0.15, 0.2) is 103 Å². The molecule has 1 aliphatic heterocycles. The van der Waals surface area contributed by atoms with Gasteiger partial charge in [-0.15, -0.1) is 0 Å². The molecule has 1 aliphatic carbocycles. The highest BCUT2D eigenvalue weighted by Gasteiger charge is 2.43. The van der Waals surface area contributed by atoms with E-state index in [2.05, 4.69) is 9.82 Å². The Morgan fingerprint density at radius 2 is 1.47 bits per heavy atom. The van der Waals surface area contributed by atoms with E-state index in [4.69, 9.17) is 61.0 Å². The minimum atomic E-state index is -1.00. The Morgan fingerprint density at radius 1 is 0.838 bits per heavy atom. The topological polar surface area (TPSA) is 223 Å². The van der Waals surface area contributed by atoms with Crippen molar-refractivity contribution < 1.29 is 77.4 Å². The van der Waals surface area contributed by atoms with Crippen LogP contribution in [0.1, 0.15) is 73.4 Å². The Labute approximate surface area is 429 Å². The second kappa shape index (κ2) is 25.0. The summed E-state index contributed by atoms with van der Waals surface area (Å²) in [6.07, 6.45) is 1.57. The van der Waals surface area contributed by atoms with Crippen LogP contribution >= 0.6 is 11.6 Å². The van der Waals surface area contributed by atoms with Gasteiger partial charge in [0.2, 0.25) is 5.88 Å². The molecule has 2 amide bonds. The van der Waals surface area contributed by atoms with Crippen molar-refractivity contribution in [1.82, 2.24) is 25.6 Å². The Bertz CT molecular complexity index is 2820. The highest BCUT2D eigenvalue weighted by molar-refractivity contribution is 6.32. The molecule has 1 fully saturated rings. The molecule has 2 aliphatic rings. The van der Waals surface area contributed by atoms with Gasteiger partial charge in [0, 0.05) is 41.9 Å². The fraction of sp³-hybridized carbons (Fsp3) is 0.346.